The van der Waals surface area contributed by atoms with E-state index >= 15 is 0 Å². The first-order chi connectivity index (χ1) is 15.2. The van der Waals surface area contributed by atoms with Gasteiger partial charge < -0.3 is 15.8 Å². The van der Waals surface area contributed by atoms with Crippen LogP contribution in [-0.4, -0.2) is 26.8 Å². The Morgan fingerprint density at radius 3 is 2.41 bits per heavy atom. The monoisotopic (exact) mass is 453 g/mol. The molecule has 0 unspecified atom stereocenters. The highest BCUT2D eigenvalue weighted by Crippen LogP contribution is 2.25. The summed E-state index contributed by atoms with van der Waals surface area (Å²) < 4.78 is 33.5. The average Bonchev–Trinajstić information content (AvgIpc) is 2.76. The van der Waals surface area contributed by atoms with Crippen molar-refractivity contribution >= 4 is 33.2 Å². The van der Waals surface area contributed by atoms with Gasteiger partial charge in [0.15, 0.2) is 0 Å². The molecule has 32 heavy (non-hydrogen) atoms. The number of hydrogen-bond donors (Lipinski definition) is 3. The fourth-order valence-corrected chi connectivity index (χ4v) is 3.90. The quantitative estimate of drug-likeness (QED) is 0.458. The average molecular weight is 454 g/mol. The number of aryl methyl sites for hydroxylation is 1. The normalized spacial score (nSPS) is 10.9. The van der Waals surface area contributed by atoms with E-state index in [1.807, 2.05) is 6.92 Å². The zero-order valence-corrected chi connectivity index (χ0v) is 18.2. The molecule has 0 fully saturated rings. The molecular weight excluding hydrogens is 430 g/mol. The number of nitrogens with two attached hydrogens (primary N) is 1. The molecule has 0 atom stereocenters. The second kappa shape index (κ2) is 9.97. The van der Waals surface area contributed by atoms with E-state index < -0.39 is 21.8 Å². The fraction of sp³-hybridized carbons (Fsp3) is 0.130. The van der Waals surface area contributed by atoms with Crippen LogP contribution in [0.3, 0.4) is 0 Å². The second-order valence-corrected chi connectivity index (χ2v) is 8.70. The molecule has 0 aliphatic heterocycles. The van der Waals surface area contributed by atoms with Crippen molar-refractivity contribution in [3.05, 3.63) is 83.9 Å². The Balaban J connectivity index is 1.76. The first kappa shape index (κ1) is 22.8. The SMILES string of the molecule is Cc1ccc(NS(=O)(=O)c2cccc(C(=O)Nc3ccccc3OCCC(N)=O)c2)cc1. The van der Waals surface area contributed by atoms with Gasteiger partial charge in [-0.2, -0.15) is 0 Å². The lowest BCUT2D eigenvalue weighted by atomic mass is 10.2. The predicted molar refractivity (Wildman–Crippen MR) is 122 cm³/mol. The Labute approximate surface area is 186 Å². The molecule has 0 aromatic heterocycles. The van der Waals surface area contributed by atoms with Crippen molar-refractivity contribution in [3.8, 4) is 5.75 Å². The lowest BCUT2D eigenvalue weighted by Gasteiger charge is -2.13. The summed E-state index contributed by atoms with van der Waals surface area (Å²) in [6, 6.07) is 19.3. The number of para-hydroxylation sites is 2. The molecule has 0 aliphatic carbocycles. The van der Waals surface area contributed by atoms with E-state index in [1.165, 1.54) is 24.3 Å². The van der Waals surface area contributed by atoms with E-state index in [1.54, 1.807) is 48.5 Å². The lowest BCUT2D eigenvalue weighted by Crippen LogP contribution is -2.17. The van der Waals surface area contributed by atoms with Gasteiger partial charge >= 0.3 is 0 Å². The maximum Gasteiger partial charge on any atom is 0.261 e. The molecule has 3 rings (SSSR count). The van der Waals surface area contributed by atoms with Gasteiger partial charge in [0.25, 0.3) is 15.9 Å². The topological polar surface area (TPSA) is 128 Å². The molecule has 0 saturated carbocycles. The summed E-state index contributed by atoms with van der Waals surface area (Å²) in [5, 5.41) is 2.70. The molecule has 0 heterocycles. The molecule has 0 aliphatic rings. The fourth-order valence-electron chi connectivity index (χ4n) is 2.79. The van der Waals surface area contributed by atoms with Crippen LogP contribution >= 0.6 is 0 Å². The van der Waals surface area contributed by atoms with E-state index in [4.69, 9.17) is 10.5 Å². The van der Waals surface area contributed by atoms with Crippen LogP contribution in [0.15, 0.2) is 77.7 Å². The summed E-state index contributed by atoms with van der Waals surface area (Å²) >= 11 is 0. The van der Waals surface area contributed by atoms with Gasteiger partial charge in [-0.1, -0.05) is 35.9 Å². The van der Waals surface area contributed by atoms with Crippen molar-refractivity contribution < 1.29 is 22.7 Å². The first-order valence-corrected chi connectivity index (χ1v) is 11.2. The van der Waals surface area contributed by atoms with E-state index in [2.05, 4.69) is 10.0 Å². The summed E-state index contributed by atoms with van der Waals surface area (Å²) in [7, 11) is -3.88. The van der Waals surface area contributed by atoms with Crippen molar-refractivity contribution in [2.75, 3.05) is 16.6 Å². The third-order valence-electron chi connectivity index (χ3n) is 4.45. The van der Waals surface area contributed by atoms with E-state index in [0.717, 1.165) is 5.56 Å². The first-order valence-electron chi connectivity index (χ1n) is 9.75. The molecule has 9 heteroatoms. The molecule has 4 N–H and O–H groups in total. The lowest BCUT2D eigenvalue weighted by molar-refractivity contribution is -0.118. The number of nitrogens with one attached hydrogen (secondary N) is 2. The Hall–Kier alpha value is -3.85. The third-order valence-corrected chi connectivity index (χ3v) is 5.83. The van der Waals surface area contributed by atoms with Crippen molar-refractivity contribution in [1.82, 2.24) is 0 Å². The third kappa shape index (κ3) is 6.08. The van der Waals surface area contributed by atoms with Crippen LogP contribution in [0.4, 0.5) is 11.4 Å². The zero-order valence-electron chi connectivity index (χ0n) is 17.4. The molecule has 2 amide bonds. The van der Waals surface area contributed by atoms with Crippen molar-refractivity contribution in [2.45, 2.75) is 18.2 Å². The predicted octanol–water partition coefficient (Wildman–Crippen LogP) is 3.30. The van der Waals surface area contributed by atoms with Gasteiger partial charge in [-0.3, -0.25) is 14.3 Å². The number of anilines is 2. The number of carbonyl (C=O) groups excluding carboxylic acids is 2. The van der Waals surface area contributed by atoms with Crippen LogP contribution < -0.4 is 20.5 Å². The van der Waals surface area contributed by atoms with Crippen LogP contribution in [0.25, 0.3) is 0 Å². The maximum atomic E-state index is 12.8. The largest absolute Gasteiger partial charge is 0.491 e. The number of primary amides is 1. The van der Waals surface area contributed by atoms with E-state index in [-0.39, 0.29) is 23.5 Å². The zero-order chi connectivity index (χ0) is 23.1. The Bertz CT molecular complexity index is 1220. The molecule has 8 nitrogen and oxygen atoms in total. The van der Waals surface area contributed by atoms with Crippen molar-refractivity contribution in [1.29, 1.82) is 0 Å². The number of ether oxygens (including phenoxy) is 1. The molecule has 3 aromatic carbocycles. The van der Waals surface area contributed by atoms with Gasteiger partial charge in [0, 0.05) is 11.3 Å². The second-order valence-electron chi connectivity index (χ2n) is 7.01. The van der Waals surface area contributed by atoms with E-state index in [9.17, 15) is 18.0 Å². The van der Waals surface area contributed by atoms with Crippen LogP contribution in [0.5, 0.6) is 5.75 Å². The molecular formula is C23H23N3O5S. The van der Waals surface area contributed by atoms with E-state index in [0.29, 0.717) is 17.1 Å². The van der Waals surface area contributed by atoms with Gasteiger partial charge in [0.1, 0.15) is 5.75 Å². The number of amides is 2. The van der Waals surface area contributed by atoms with Crippen LogP contribution in [0, 0.1) is 6.92 Å². The number of benzene rings is 3. The Morgan fingerprint density at radius 2 is 1.69 bits per heavy atom. The summed E-state index contributed by atoms with van der Waals surface area (Å²) in [6.45, 7) is 1.97. The number of carbonyl (C=O) groups is 2. The highest BCUT2D eigenvalue weighted by molar-refractivity contribution is 7.92. The molecule has 166 valence electrons. The number of rotatable bonds is 9. The minimum atomic E-state index is -3.88. The Kier molecular flexibility index (Phi) is 7.11. The van der Waals surface area contributed by atoms with Gasteiger partial charge in [-0.15, -0.1) is 0 Å². The molecule has 0 spiro atoms. The van der Waals surface area contributed by atoms with Crippen LogP contribution in [0.1, 0.15) is 22.3 Å². The minimum absolute atomic E-state index is 0.0379. The van der Waals surface area contributed by atoms with Gasteiger partial charge in [0.2, 0.25) is 5.91 Å². The highest BCUT2D eigenvalue weighted by Gasteiger charge is 2.17. The smallest absolute Gasteiger partial charge is 0.261 e. The summed E-state index contributed by atoms with van der Waals surface area (Å²) in [4.78, 5) is 23.6. The summed E-state index contributed by atoms with van der Waals surface area (Å²) in [6.07, 6.45) is 0.0379. The van der Waals surface area contributed by atoms with Crippen molar-refractivity contribution in [3.63, 3.8) is 0 Å². The van der Waals surface area contributed by atoms with Gasteiger partial charge in [0.05, 0.1) is 23.6 Å². The molecule has 0 saturated heterocycles. The summed E-state index contributed by atoms with van der Waals surface area (Å²) in [5.74, 6) is -0.640. The summed E-state index contributed by atoms with van der Waals surface area (Å²) in [5.41, 5.74) is 7.08. The maximum absolute atomic E-state index is 12.8. The number of sulfonamides is 1. The van der Waals surface area contributed by atoms with Crippen LogP contribution in [0.2, 0.25) is 0 Å². The standard InChI is InChI=1S/C23H23N3O5S/c1-16-9-11-18(12-10-16)26-32(29,30)19-6-4-5-17(15-19)23(28)25-20-7-2-3-8-21(20)31-14-13-22(24)27/h2-12,15,26H,13-14H2,1H3,(H2,24,27)(H,25,28). The minimum Gasteiger partial charge on any atom is -0.491 e. The van der Waals surface area contributed by atoms with Crippen LogP contribution in [-0.2, 0) is 14.8 Å². The van der Waals surface area contributed by atoms with Gasteiger partial charge in [-0.25, -0.2) is 8.42 Å². The molecule has 0 bridgehead atoms. The number of hydrogen-bond acceptors (Lipinski definition) is 5. The molecule has 0 radical (unpaired) electrons. The van der Waals surface area contributed by atoms with Crippen molar-refractivity contribution in [2.24, 2.45) is 5.73 Å². The molecule has 3 aromatic rings. The Morgan fingerprint density at radius 1 is 0.969 bits per heavy atom. The van der Waals surface area contributed by atoms with Gasteiger partial charge in [-0.05, 0) is 49.4 Å². The highest BCUT2D eigenvalue weighted by atomic mass is 32.2.